The van der Waals surface area contributed by atoms with Gasteiger partial charge in [-0.3, -0.25) is 0 Å². The Balaban J connectivity index is 3.40. The van der Waals surface area contributed by atoms with E-state index in [4.69, 9.17) is 12.3 Å². The van der Waals surface area contributed by atoms with Crippen LogP contribution in [0.5, 0.6) is 0 Å². The maximum atomic E-state index is 6.86. The van der Waals surface area contributed by atoms with Crippen LogP contribution in [0.25, 0.3) is 0 Å². The smallest absolute Gasteiger partial charge is 0.322 e. The first-order chi connectivity index (χ1) is 9.63. The van der Waals surface area contributed by atoms with Crippen LogP contribution < -0.4 is 0 Å². The van der Waals surface area contributed by atoms with Gasteiger partial charge in [0.25, 0.3) is 0 Å². The van der Waals surface area contributed by atoms with Crippen LogP contribution in [0, 0.1) is 0 Å². The van der Waals surface area contributed by atoms with Crippen molar-refractivity contribution >= 4 is 25.7 Å². The monoisotopic (exact) mass is 348 g/mol. The Bertz CT molecular complexity index is 287. The molecule has 0 aromatic carbocycles. The second kappa shape index (κ2) is 6.97. The van der Waals surface area contributed by atoms with Crippen molar-refractivity contribution in [1.82, 2.24) is 0 Å². The highest BCUT2D eigenvalue weighted by molar-refractivity contribution is 6.95. The second-order valence-corrected chi connectivity index (χ2v) is 20.2. The van der Waals surface area contributed by atoms with Crippen LogP contribution in [0.2, 0.25) is 34.8 Å². The van der Waals surface area contributed by atoms with Gasteiger partial charge in [0.1, 0.15) is 0 Å². The summed E-state index contributed by atoms with van der Waals surface area (Å²) in [4.78, 5) is 0. The summed E-state index contributed by atoms with van der Waals surface area (Å²) in [7, 11) is -6.52. The normalized spacial score (nSPS) is 37.7. The van der Waals surface area contributed by atoms with Gasteiger partial charge in [-0.15, -0.1) is 0 Å². The standard InChI is InChI=1S/C15H36O3Si3/c1-10-19(13(4)5)16-20(11-2,14(6)7)18-21(12-3,17-19)15(8)9/h13-15H,10-12H2,1-9H3. The Morgan fingerprint density at radius 3 is 0.810 bits per heavy atom. The van der Waals surface area contributed by atoms with Crippen molar-refractivity contribution in [2.75, 3.05) is 0 Å². The molecule has 0 spiro atoms. The third kappa shape index (κ3) is 3.40. The molecule has 0 saturated carbocycles. The van der Waals surface area contributed by atoms with E-state index in [0.29, 0.717) is 16.6 Å². The molecule has 0 aromatic rings. The summed E-state index contributed by atoms with van der Waals surface area (Å²) in [6.45, 7) is 20.5. The van der Waals surface area contributed by atoms with Crippen molar-refractivity contribution in [3.05, 3.63) is 0 Å². The third-order valence-electron chi connectivity index (χ3n) is 5.15. The lowest BCUT2D eigenvalue weighted by Crippen LogP contribution is -2.72. The highest BCUT2D eigenvalue weighted by atomic mass is 28.5. The maximum absolute atomic E-state index is 6.86. The largest absolute Gasteiger partial charge is 0.415 e. The van der Waals surface area contributed by atoms with E-state index in [2.05, 4.69) is 62.3 Å². The third-order valence-corrected chi connectivity index (χ3v) is 21.7. The summed E-state index contributed by atoms with van der Waals surface area (Å²) in [6, 6.07) is 3.12. The minimum absolute atomic E-state index is 0.487. The van der Waals surface area contributed by atoms with Crippen LogP contribution in [-0.4, -0.2) is 25.7 Å². The molecule has 1 aliphatic rings. The SMILES string of the molecule is CC[Si]1(C(C)C)O[Si](CC)(C(C)C)O[Si](CC)(C(C)C)O1. The van der Waals surface area contributed by atoms with Gasteiger partial charge in [-0.05, 0) is 34.8 Å². The molecule has 126 valence electrons. The van der Waals surface area contributed by atoms with Crippen molar-refractivity contribution in [3.8, 4) is 0 Å². The summed E-state index contributed by atoms with van der Waals surface area (Å²) in [5.74, 6) is 0. The van der Waals surface area contributed by atoms with E-state index in [1.165, 1.54) is 0 Å². The molecule has 0 bridgehead atoms. The molecular formula is C15H36O3Si3. The molecule has 0 aliphatic carbocycles. The maximum Gasteiger partial charge on any atom is 0.322 e. The van der Waals surface area contributed by atoms with E-state index in [1.807, 2.05) is 0 Å². The zero-order valence-corrected chi connectivity index (χ0v) is 18.6. The first-order valence-corrected chi connectivity index (χ1v) is 15.0. The van der Waals surface area contributed by atoms with Crippen molar-refractivity contribution in [1.29, 1.82) is 0 Å². The predicted molar refractivity (Wildman–Crippen MR) is 97.3 cm³/mol. The fraction of sp³-hybridized carbons (Fsp3) is 1.00. The molecular weight excluding hydrogens is 312 g/mol. The predicted octanol–water partition coefficient (Wildman–Crippen LogP) is 5.67. The molecule has 1 saturated heterocycles. The van der Waals surface area contributed by atoms with Gasteiger partial charge >= 0.3 is 25.7 Å². The van der Waals surface area contributed by atoms with Gasteiger partial charge in [-0.2, -0.15) is 0 Å². The molecule has 0 aromatic heterocycles. The van der Waals surface area contributed by atoms with Gasteiger partial charge in [0.15, 0.2) is 0 Å². The van der Waals surface area contributed by atoms with Crippen molar-refractivity contribution < 1.29 is 12.3 Å². The molecule has 1 heterocycles. The number of hydrogen-bond acceptors (Lipinski definition) is 3. The van der Waals surface area contributed by atoms with Gasteiger partial charge in [-0.25, -0.2) is 0 Å². The van der Waals surface area contributed by atoms with Gasteiger partial charge < -0.3 is 12.3 Å². The van der Waals surface area contributed by atoms with Gasteiger partial charge in [0.05, 0.1) is 0 Å². The summed E-state index contributed by atoms with van der Waals surface area (Å²) in [6.07, 6.45) is 0. The Hall–Kier alpha value is 0.531. The molecule has 0 unspecified atom stereocenters. The lowest BCUT2D eigenvalue weighted by molar-refractivity contribution is 0.192. The molecule has 1 aliphatic heterocycles. The lowest BCUT2D eigenvalue weighted by atomic mass is 10.6. The van der Waals surface area contributed by atoms with E-state index in [0.717, 1.165) is 18.1 Å². The van der Waals surface area contributed by atoms with Gasteiger partial charge in [-0.1, -0.05) is 62.3 Å². The van der Waals surface area contributed by atoms with Crippen LogP contribution in [0.4, 0.5) is 0 Å². The van der Waals surface area contributed by atoms with Crippen molar-refractivity contribution in [2.45, 2.75) is 97.1 Å². The molecule has 3 nitrogen and oxygen atoms in total. The molecule has 0 atom stereocenters. The Labute approximate surface area is 135 Å². The average Bonchev–Trinajstić information content (AvgIpc) is 2.45. The average molecular weight is 349 g/mol. The molecule has 0 amide bonds. The fourth-order valence-electron chi connectivity index (χ4n) is 3.30. The van der Waals surface area contributed by atoms with Crippen LogP contribution in [0.3, 0.4) is 0 Å². The highest BCUT2D eigenvalue weighted by Gasteiger charge is 2.63. The Morgan fingerprint density at radius 1 is 0.524 bits per heavy atom. The Kier molecular flexibility index (Phi) is 6.49. The summed E-state index contributed by atoms with van der Waals surface area (Å²) < 4.78 is 20.6. The summed E-state index contributed by atoms with van der Waals surface area (Å²) in [5.41, 5.74) is 1.46. The first-order valence-electron chi connectivity index (χ1n) is 8.74. The quantitative estimate of drug-likeness (QED) is 0.579. The second-order valence-electron chi connectivity index (χ2n) is 7.27. The number of hydrogen-bond donors (Lipinski definition) is 0. The summed E-state index contributed by atoms with van der Waals surface area (Å²) >= 11 is 0. The minimum atomic E-state index is -2.17. The molecule has 21 heavy (non-hydrogen) atoms. The molecule has 6 heteroatoms. The van der Waals surface area contributed by atoms with Crippen LogP contribution in [0.1, 0.15) is 62.3 Å². The van der Waals surface area contributed by atoms with E-state index < -0.39 is 25.7 Å². The van der Waals surface area contributed by atoms with Gasteiger partial charge in [0.2, 0.25) is 0 Å². The van der Waals surface area contributed by atoms with Crippen LogP contribution >= 0.6 is 0 Å². The fourth-order valence-corrected chi connectivity index (χ4v) is 23.5. The van der Waals surface area contributed by atoms with Crippen LogP contribution in [-0.2, 0) is 12.3 Å². The van der Waals surface area contributed by atoms with Crippen molar-refractivity contribution in [3.63, 3.8) is 0 Å². The molecule has 0 radical (unpaired) electrons. The molecule has 0 N–H and O–H groups in total. The minimum Gasteiger partial charge on any atom is -0.415 e. The summed E-state index contributed by atoms with van der Waals surface area (Å²) in [5, 5.41) is 0. The molecule has 1 rings (SSSR count). The topological polar surface area (TPSA) is 27.7 Å². The van der Waals surface area contributed by atoms with E-state index >= 15 is 0 Å². The van der Waals surface area contributed by atoms with Crippen molar-refractivity contribution in [2.24, 2.45) is 0 Å². The molecule has 1 fully saturated rings. The van der Waals surface area contributed by atoms with E-state index in [1.54, 1.807) is 0 Å². The van der Waals surface area contributed by atoms with E-state index in [-0.39, 0.29) is 0 Å². The number of rotatable bonds is 6. The lowest BCUT2D eigenvalue weighted by Gasteiger charge is -2.57. The first kappa shape index (κ1) is 19.6. The van der Waals surface area contributed by atoms with Gasteiger partial charge in [0, 0.05) is 0 Å². The zero-order valence-electron chi connectivity index (χ0n) is 15.6. The highest BCUT2D eigenvalue weighted by Crippen LogP contribution is 2.48. The van der Waals surface area contributed by atoms with E-state index in [9.17, 15) is 0 Å². The zero-order chi connectivity index (χ0) is 16.5. The van der Waals surface area contributed by atoms with Crippen LogP contribution in [0.15, 0.2) is 0 Å². The Morgan fingerprint density at radius 2 is 0.714 bits per heavy atom.